The fourth-order valence-corrected chi connectivity index (χ4v) is 2.38. The van der Waals surface area contributed by atoms with E-state index in [0.717, 1.165) is 16.9 Å². The highest BCUT2D eigenvalue weighted by Gasteiger charge is 2.19. The van der Waals surface area contributed by atoms with E-state index >= 15 is 0 Å². The van der Waals surface area contributed by atoms with Gasteiger partial charge in [-0.2, -0.15) is 0 Å². The molecule has 5 heteroatoms. The van der Waals surface area contributed by atoms with Crippen molar-refractivity contribution in [2.24, 2.45) is 0 Å². The second-order valence-electron chi connectivity index (χ2n) is 7.02. The Kier molecular flexibility index (Phi) is 6.02. The molecule has 2 rings (SSSR count). The minimum atomic E-state index is -0.339. The predicted molar refractivity (Wildman–Crippen MR) is 97.1 cm³/mol. The monoisotopic (exact) mass is 344 g/mol. The fraction of sp³-hybridized carbons (Fsp3) is 0.350. The highest BCUT2D eigenvalue weighted by Crippen LogP contribution is 2.31. The maximum atomic E-state index is 12.8. The first-order valence-electron chi connectivity index (χ1n) is 8.26. The van der Waals surface area contributed by atoms with E-state index in [0.29, 0.717) is 6.54 Å². The zero-order valence-electron chi connectivity index (χ0n) is 15.2. The standard InChI is InChI=1S/C20H25FN2O2/c1-14-5-10-18(17(11-14)20(2,3)4)25-13-23-19(24)22-12-15-6-8-16(21)9-7-15/h5-11H,12-13H2,1-4H3,(H2,22,23,24). The third kappa shape index (κ3) is 5.78. The molecule has 0 unspecified atom stereocenters. The van der Waals surface area contributed by atoms with Gasteiger partial charge >= 0.3 is 6.03 Å². The van der Waals surface area contributed by atoms with Crippen molar-refractivity contribution >= 4 is 6.03 Å². The normalized spacial score (nSPS) is 11.1. The van der Waals surface area contributed by atoms with Crippen LogP contribution in [0.3, 0.4) is 0 Å². The highest BCUT2D eigenvalue weighted by molar-refractivity contribution is 5.73. The molecule has 0 aromatic heterocycles. The van der Waals surface area contributed by atoms with Gasteiger partial charge in [0.15, 0.2) is 6.73 Å². The molecule has 0 bridgehead atoms. The van der Waals surface area contributed by atoms with Crippen LogP contribution in [0, 0.1) is 12.7 Å². The summed E-state index contributed by atoms with van der Waals surface area (Å²) < 4.78 is 18.6. The maximum absolute atomic E-state index is 12.8. The van der Waals surface area contributed by atoms with Gasteiger partial charge in [-0.05, 0) is 41.7 Å². The largest absolute Gasteiger partial charge is 0.473 e. The number of nitrogens with one attached hydrogen (secondary N) is 2. The van der Waals surface area contributed by atoms with Gasteiger partial charge in [0.05, 0.1) is 0 Å². The van der Waals surface area contributed by atoms with Crippen LogP contribution in [-0.4, -0.2) is 12.8 Å². The minimum absolute atomic E-state index is 0.0494. The molecule has 134 valence electrons. The molecule has 4 nitrogen and oxygen atoms in total. The van der Waals surface area contributed by atoms with Gasteiger partial charge in [-0.3, -0.25) is 0 Å². The molecule has 25 heavy (non-hydrogen) atoms. The van der Waals surface area contributed by atoms with E-state index in [1.54, 1.807) is 12.1 Å². The van der Waals surface area contributed by atoms with Crippen LogP contribution in [0.1, 0.15) is 37.5 Å². The summed E-state index contributed by atoms with van der Waals surface area (Å²) >= 11 is 0. The number of halogens is 1. The number of aryl methyl sites for hydroxylation is 1. The lowest BCUT2D eigenvalue weighted by Crippen LogP contribution is -2.37. The molecule has 0 saturated heterocycles. The molecule has 0 aliphatic heterocycles. The van der Waals surface area contributed by atoms with Crippen molar-refractivity contribution in [3.8, 4) is 5.75 Å². The van der Waals surface area contributed by atoms with E-state index in [9.17, 15) is 9.18 Å². The van der Waals surface area contributed by atoms with Gasteiger partial charge in [-0.15, -0.1) is 0 Å². The zero-order chi connectivity index (χ0) is 18.4. The van der Waals surface area contributed by atoms with Crippen molar-refractivity contribution in [3.05, 3.63) is 65.0 Å². The van der Waals surface area contributed by atoms with Gasteiger partial charge in [0.2, 0.25) is 0 Å². The third-order valence-corrected chi connectivity index (χ3v) is 3.77. The summed E-state index contributed by atoms with van der Waals surface area (Å²) in [5, 5.41) is 5.37. The second kappa shape index (κ2) is 8.01. The van der Waals surface area contributed by atoms with Crippen LogP contribution in [0.5, 0.6) is 5.75 Å². The quantitative estimate of drug-likeness (QED) is 0.796. The number of amides is 2. The summed E-state index contributed by atoms with van der Waals surface area (Å²) in [6.07, 6.45) is 0. The Morgan fingerprint density at radius 2 is 1.76 bits per heavy atom. The first-order chi connectivity index (χ1) is 11.8. The van der Waals surface area contributed by atoms with E-state index < -0.39 is 0 Å². The van der Waals surface area contributed by atoms with Crippen LogP contribution in [0.2, 0.25) is 0 Å². The van der Waals surface area contributed by atoms with Crippen LogP contribution in [0.25, 0.3) is 0 Å². The lowest BCUT2D eigenvalue weighted by molar-refractivity contribution is 0.222. The van der Waals surface area contributed by atoms with Crippen LogP contribution in [0.4, 0.5) is 9.18 Å². The first kappa shape index (κ1) is 18.8. The van der Waals surface area contributed by atoms with Crippen molar-refractivity contribution in [3.63, 3.8) is 0 Å². The smallest absolute Gasteiger partial charge is 0.317 e. The Morgan fingerprint density at radius 3 is 2.40 bits per heavy atom. The lowest BCUT2D eigenvalue weighted by Gasteiger charge is -2.23. The molecule has 2 aromatic rings. The number of hydrogen-bond acceptors (Lipinski definition) is 2. The summed E-state index contributed by atoms with van der Waals surface area (Å²) in [7, 11) is 0. The molecule has 0 radical (unpaired) electrons. The van der Waals surface area contributed by atoms with Crippen molar-refractivity contribution in [1.82, 2.24) is 10.6 Å². The van der Waals surface area contributed by atoms with Crippen LogP contribution < -0.4 is 15.4 Å². The van der Waals surface area contributed by atoms with Crippen molar-refractivity contribution < 1.29 is 13.9 Å². The Balaban J connectivity index is 1.84. The highest BCUT2D eigenvalue weighted by atomic mass is 19.1. The van der Waals surface area contributed by atoms with Gasteiger partial charge in [0.25, 0.3) is 0 Å². The Bertz CT molecular complexity index is 721. The minimum Gasteiger partial charge on any atom is -0.473 e. The summed E-state index contributed by atoms with van der Waals surface area (Å²) in [6.45, 7) is 8.80. The Morgan fingerprint density at radius 1 is 1.08 bits per heavy atom. The van der Waals surface area contributed by atoms with E-state index in [1.165, 1.54) is 17.7 Å². The van der Waals surface area contributed by atoms with E-state index in [2.05, 4.69) is 37.5 Å². The van der Waals surface area contributed by atoms with Crippen LogP contribution in [0.15, 0.2) is 42.5 Å². The van der Waals surface area contributed by atoms with Gasteiger partial charge in [0, 0.05) is 6.54 Å². The van der Waals surface area contributed by atoms with Gasteiger partial charge < -0.3 is 15.4 Å². The molecular formula is C20H25FN2O2. The van der Waals surface area contributed by atoms with E-state index in [1.807, 2.05) is 19.1 Å². The van der Waals surface area contributed by atoms with Crippen LogP contribution >= 0.6 is 0 Å². The zero-order valence-corrected chi connectivity index (χ0v) is 15.2. The molecule has 0 fully saturated rings. The molecule has 2 amide bonds. The van der Waals surface area contributed by atoms with Crippen molar-refractivity contribution in [1.29, 1.82) is 0 Å². The molecular weight excluding hydrogens is 319 g/mol. The van der Waals surface area contributed by atoms with E-state index in [4.69, 9.17) is 4.74 Å². The number of benzene rings is 2. The topological polar surface area (TPSA) is 50.4 Å². The number of carbonyl (C=O) groups excluding carboxylic acids is 1. The van der Waals surface area contributed by atoms with Crippen molar-refractivity contribution in [2.45, 2.75) is 39.7 Å². The Hall–Kier alpha value is -2.56. The number of hydrogen-bond donors (Lipinski definition) is 2. The number of rotatable bonds is 5. The second-order valence-corrected chi connectivity index (χ2v) is 7.02. The average Bonchev–Trinajstić information content (AvgIpc) is 2.55. The van der Waals surface area contributed by atoms with Crippen LogP contribution in [-0.2, 0) is 12.0 Å². The summed E-state index contributed by atoms with van der Waals surface area (Å²) in [5.74, 6) is 0.464. The first-order valence-corrected chi connectivity index (χ1v) is 8.26. The fourth-order valence-electron chi connectivity index (χ4n) is 2.38. The van der Waals surface area contributed by atoms with E-state index in [-0.39, 0.29) is 24.0 Å². The predicted octanol–water partition coefficient (Wildman–Crippen LogP) is 4.27. The third-order valence-electron chi connectivity index (χ3n) is 3.77. The molecule has 2 aromatic carbocycles. The maximum Gasteiger partial charge on any atom is 0.317 e. The number of carbonyl (C=O) groups is 1. The number of urea groups is 1. The molecule has 0 atom stereocenters. The lowest BCUT2D eigenvalue weighted by atomic mass is 9.85. The Labute approximate surface area is 148 Å². The van der Waals surface area contributed by atoms with Crippen molar-refractivity contribution in [2.75, 3.05) is 6.73 Å². The van der Waals surface area contributed by atoms with Gasteiger partial charge in [0.1, 0.15) is 11.6 Å². The molecule has 0 aliphatic rings. The molecule has 0 spiro atoms. The van der Waals surface area contributed by atoms with Gasteiger partial charge in [-0.25, -0.2) is 9.18 Å². The van der Waals surface area contributed by atoms with Gasteiger partial charge in [-0.1, -0.05) is 50.6 Å². The summed E-state index contributed by atoms with van der Waals surface area (Å²) in [4.78, 5) is 11.8. The summed E-state index contributed by atoms with van der Waals surface area (Å²) in [6, 6.07) is 11.7. The molecule has 0 aliphatic carbocycles. The average molecular weight is 344 g/mol. The number of ether oxygens (including phenoxy) is 1. The molecule has 0 heterocycles. The summed E-state index contributed by atoms with van der Waals surface area (Å²) in [5.41, 5.74) is 3.04. The molecule has 2 N–H and O–H groups in total. The molecule has 0 saturated carbocycles. The SMILES string of the molecule is Cc1ccc(OCNC(=O)NCc2ccc(F)cc2)c(C(C)(C)C)c1.